The monoisotopic (exact) mass is 305 g/mol. The third-order valence-electron chi connectivity index (χ3n) is 3.44. The Hall–Kier alpha value is -1.53. The molecular formula is C14H22F3N3O. The number of carbonyl (C=O) groups excluding carboxylic acids is 1. The zero-order valence-corrected chi connectivity index (χ0v) is 13.2. The maximum Gasteiger partial charge on any atom is 0.433 e. The van der Waals surface area contributed by atoms with Crippen molar-refractivity contribution in [2.75, 3.05) is 0 Å². The Morgan fingerprint density at radius 2 is 1.76 bits per heavy atom. The van der Waals surface area contributed by atoms with Crippen molar-refractivity contribution < 1.29 is 18.0 Å². The molecule has 7 heteroatoms. The molecule has 120 valence electrons. The van der Waals surface area contributed by atoms with Crippen molar-refractivity contribution in [3.63, 3.8) is 0 Å². The summed E-state index contributed by atoms with van der Waals surface area (Å²) in [5.41, 5.74) is -1.69. The van der Waals surface area contributed by atoms with E-state index in [0.717, 1.165) is 10.9 Å². The van der Waals surface area contributed by atoms with Gasteiger partial charge in [-0.05, 0) is 26.2 Å². The van der Waals surface area contributed by atoms with Crippen LogP contribution in [0.1, 0.15) is 63.6 Å². The normalized spacial score (nSPS) is 14.4. The minimum atomic E-state index is -4.63. The molecule has 0 aromatic carbocycles. The molecular weight excluding hydrogens is 283 g/mol. The molecule has 1 atom stereocenters. The van der Waals surface area contributed by atoms with E-state index in [-0.39, 0.29) is 11.5 Å². The molecule has 1 aromatic heterocycles. The molecule has 0 saturated carbocycles. The second-order valence-electron chi connectivity index (χ2n) is 6.50. The van der Waals surface area contributed by atoms with Gasteiger partial charge in [-0.25, -0.2) is 0 Å². The summed E-state index contributed by atoms with van der Waals surface area (Å²) < 4.78 is 40.4. The Labute approximate surface area is 122 Å². The first-order chi connectivity index (χ1) is 9.35. The maximum atomic E-state index is 13.2. The van der Waals surface area contributed by atoms with Gasteiger partial charge in [0, 0.05) is 12.1 Å². The quantitative estimate of drug-likeness (QED) is 0.926. The fourth-order valence-corrected chi connectivity index (χ4v) is 1.69. The molecule has 0 saturated heterocycles. The first-order valence-corrected chi connectivity index (χ1v) is 6.81. The number of hydrogen-bond acceptors (Lipinski definition) is 2. The van der Waals surface area contributed by atoms with Gasteiger partial charge in [-0.1, -0.05) is 20.8 Å². The predicted molar refractivity (Wildman–Crippen MR) is 74.0 cm³/mol. The molecule has 0 fully saturated rings. The lowest BCUT2D eigenvalue weighted by molar-refractivity contribution is -0.145. The fourth-order valence-electron chi connectivity index (χ4n) is 1.69. The molecule has 0 aliphatic heterocycles. The smallest absolute Gasteiger partial charge is 0.349 e. The lowest BCUT2D eigenvalue weighted by Crippen LogP contribution is -2.42. The standard InChI is InChI=1S/C14H22F3N3O/c1-8(2)20-11(14(15,16)17)10(7-18-20)12(21)19-9(3)13(4,5)6/h7-9H,1-6H3,(H,19,21)/t9-/m0/s1. The summed E-state index contributed by atoms with van der Waals surface area (Å²) in [6, 6.07) is -0.753. The molecule has 0 unspecified atom stereocenters. The van der Waals surface area contributed by atoms with Gasteiger partial charge in [-0.3, -0.25) is 9.48 Å². The second-order valence-corrected chi connectivity index (χ2v) is 6.50. The van der Waals surface area contributed by atoms with E-state index in [4.69, 9.17) is 0 Å². The van der Waals surface area contributed by atoms with Gasteiger partial charge in [0.05, 0.1) is 11.8 Å². The van der Waals surface area contributed by atoms with Gasteiger partial charge in [0.25, 0.3) is 5.91 Å². The Morgan fingerprint density at radius 3 is 2.14 bits per heavy atom. The van der Waals surface area contributed by atoms with E-state index in [1.807, 2.05) is 20.8 Å². The Bertz CT molecular complexity index is 513. The Balaban J connectivity index is 3.17. The van der Waals surface area contributed by atoms with Crippen LogP contribution in [0.2, 0.25) is 0 Å². The molecule has 1 heterocycles. The van der Waals surface area contributed by atoms with Crippen LogP contribution in [0.5, 0.6) is 0 Å². The number of halogens is 3. The molecule has 0 radical (unpaired) electrons. The van der Waals surface area contributed by atoms with Crippen molar-refractivity contribution in [1.82, 2.24) is 15.1 Å². The van der Waals surface area contributed by atoms with Crippen LogP contribution in [-0.4, -0.2) is 21.7 Å². The lowest BCUT2D eigenvalue weighted by atomic mass is 9.88. The Morgan fingerprint density at radius 1 is 1.24 bits per heavy atom. The molecule has 0 aliphatic rings. The van der Waals surface area contributed by atoms with Crippen LogP contribution in [0.3, 0.4) is 0 Å². The van der Waals surface area contributed by atoms with E-state index in [2.05, 4.69) is 10.4 Å². The number of carbonyl (C=O) groups is 1. The predicted octanol–water partition coefficient (Wildman–Crippen LogP) is 3.65. The summed E-state index contributed by atoms with van der Waals surface area (Å²) in [7, 11) is 0. The molecule has 1 N–H and O–H groups in total. The number of nitrogens with zero attached hydrogens (tertiary/aromatic N) is 2. The highest BCUT2D eigenvalue weighted by atomic mass is 19.4. The summed E-state index contributed by atoms with van der Waals surface area (Å²) in [5.74, 6) is -0.753. The molecule has 0 aliphatic carbocycles. The van der Waals surface area contributed by atoms with Crippen molar-refractivity contribution in [1.29, 1.82) is 0 Å². The van der Waals surface area contributed by atoms with Crippen LogP contribution >= 0.6 is 0 Å². The highest BCUT2D eigenvalue weighted by Gasteiger charge is 2.41. The minimum absolute atomic E-state index is 0.248. The van der Waals surface area contributed by atoms with Crippen molar-refractivity contribution in [2.45, 2.75) is 59.8 Å². The van der Waals surface area contributed by atoms with Gasteiger partial charge in [-0.2, -0.15) is 18.3 Å². The zero-order valence-electron chi connectivity index (χ0n) is 13.2. The highest BCUT2D eigenvalue weighted by Crippen LogP contribution is 2.33. The summed E-state index contributed by atoms with van der Waals surface area (Å²) in [4.78, 5) is 12.1. The average molecular weight is 305 g/mol. The molecule has 0 spiro atoms. The molecule has 4 nitrogen and oxygen atoms in total. The van der Waals surface area contributed by atoms with Gasteiger partial charge < -0.3 is 5.32 Å². The van der Waals surface area contributed by atoms with Gasteiger partial charge in [-0.15, -0.1) is 0 Å². The van der Waals surface area contributed by atoms with E-state index in [1.54, 1.807) is 20.8 Å². The van der Waals surface area contributed by atoms with Crippen LogP contribution in [-0.2, 0) is 6.18 Å². The van der Waals surface area contributed by atoms with Crippen molar-refractivity contribution >= 4 is 5.91 Å². The zero-order chi connectivity index (χ0) is 16.6. The number of alkyl halides is 3. The van der Waals surface area contributed by atoms with E-state index in [9.17, 15) is 18.0 Å². The lowest BCUT2D eigenvalue weighted by Gasteiger charge is -2.28. The largest absolute Gasteiger partial charge is 0.433 e. The second kappa shape index (κ2) is 5.69. The fraction of sp³-hybridized carbons (Fsp3) is 0.714. The van der Waals surface area contributed by atoms with E-state index < -0.39 is 29.4 Å². The number of hydrogen-bond donors (Lipinski definition) is 1. The van der Waals surface area contributed by atoms with E-state index >= 15 is 0 Å². The van der Waals surface area contributed by atoms with Gasteiger partial charge >= 0.3 is 6.18 Å². The van der Waals surface area contributed by atoms with E-state index in [1.165, 1.54) is 0 Å². The third-order valence-corrected chi connectivity index (χ3v) is 3.44. The summed E-state index contributed by atoms with van der Waals surface area (Å²) in [5, 5.41) is 6.32. The van der Waals surface area contributed by atoms with Crippen molar-refractivity contribution in [3.05, 3.63) is 17.5 Å². The van der Waals surface area contributed by atoms with E-state index in [0.29, 0.717) is 0 Å². The van der Waals surface area contributed by atoms with Gasteiger partial charge in [0.2, 0.25) is 0 Å². The molecule has 1 aromatic rings. The van der Waals surface area contributed by atoms with Crippen molar-refractivity contribution in [3.8, 4) is 0 Å². The molecule has 1 amide bonds. The molecule has 1 rings (SSSR count). The van der Waals surface area contributed by atoms with Gasteiger partial charge in [0.1, 0.15) is 0 Å². The number of nitrogens with one attached hydrogen (secondary N) is 1. The third kappa shape index (κ3) is 3.98. The molecule has 0 bridgehead atoms. The summed E-state index contributed by atoms with van der Waals surface area (Å²) >= 11 is 0. The van der Waals surface area contributed by atoms with Crippen LogP contribution in [0.25, 0.3) is 0 Å². The summed E-state index contributed by atoms with van der Waals surface area (Å²) in [6.45, 7) is 10.6. The average Bonchev–Trinajstić information content (AvgIpc) is 2.71. The number of aromatic nitrogens is 2. The minimum Gasteiger partial charge on any atom is -0.349 e. The number of rotatable bonds is 3. The summed E-state index contributed by atoms with van der Waals surface area (Å²) in [6.07, 6.45) is -3.65. The Kier molecular flexibility index (Phi) is 4.75. The highest BCUT2D eigenvalue weighted by molar-refractivity contribution is 5.95. The van der Waals surface area contributed by atoms with Gasteiger partial charge in [0.15, 0.2) is 5.69 Å². The van der Waals surface area contributed by atoms with Crippen LogP contribution in [0.15, 0.2) is 6.20 Å². The molecule has 21 heavy (non-hydrogen) atoms. The SMILES string of the molecule is CC(C)n1ncc(C(=O)N[C@@H](C)C(C)(C)C)c1C(F)(F)F. The maximum absolute atomic E-state index is 13.2. The topological polar surface area (TPSA) is 46.9 Å². The van der Waals surface area contributed by atoms with Crippen LogP contribution in [0, 0.1) is 5.41 Å². The number of amides is 1. The van der Waals surface area contributed by atoms with Crippen LogP contribution < -0.4 is 5.32 Å². The first-order valence-electron chi connectivity index (χ1n) is 6.81. The van der Waals surface area contributed by atoms with Crippen LogP contribution in [0.4, 0.5) is 13.2 Å². The first kappa shape index (κ1) is 17.5. The van der Waals surface area contributed by atoms with Crippen molar-refractivity contribution in [2.24, 2.45) is 5.41 Å².